The van der Waals surface area contributed by atoms with E-state index < -0.39 is 18.0 Å². The van der Waals surface area contributed by atoms with E-state index in [0.717, 1.165) is 11.3 Å². The number of hydrogen-bond donors (Lipinski definition) is 0. The van der Waals surface area contributed by atoms with Gasteiger partial charge in [-0.3, -0.25) is 14.2 Å². The number of para-hydroxylation sites is 1. The van der Waals surface area contributed by atoms with E-state index in [4.69, 9.17) is 24.0 Å². The number of nitrogens with zero attached hydrogens (tertiary/aromatic N) is 4. The second-order valence-corrected chi connectivity index (χ2v) is 11.8. The third-order valence-corrected chi connectivity index (χ3v) is 8.67. The first-order chi connectivity index (χ1) is 23.2. The monoisotopic (exact) mass is 664 g/mol. The molecule has 3 heterocycles. The lowest BCUT2D eigenvalue weighted by molar-refractivity contribution is -0.139. The first-order valence-corrected chi connectivity index (χ1v) is 15.9. The number of thiazole rings is 1. The van der Waals surface area contributed by atoms with E-state index in [-0.39, 0.29) is 29.2 Å². The Morgan fingerprint density at radius 1 is 0.979 bits per heavy atom. The van der Waals surface area contributed by atoms with Gasteiger partial charge in [0.05, 0.1) is 48.4 Å². The Bertz CT molecular complexity index is 2230. The van der Waals surface area contributed by atoms with Gasteiger partial charge in [0, 0.05) is 24.2 Å². The summed E-state index contributed by atoms with van der Waals surface area (Å²) < 4.78 is 25.2. The fraction of sp³-hybridized carbons (Fsp3) is 0.194. The molecule has 6 rings (SSSR count). The van der Waals surface area contributed by atoms with E-state index in [9.17, 15) is 14.4 Å². The van der Waals surface area contributed by atoms with Crippen LogP contribution in [0.2, 0.25) is 0 Å². The zero-order chi connectivity index (χ0) is 33.9. The molecule has 5 aromatic rings. The van der Waals surface area contributed by atoms with Gasteiger partial charge in [0.2, 0.25) is 0 Å². The fourth-order valence-electron chi connectivity index (χ4n) is 5.52. The van der Waals surface area contributed by atoms with Crippen molar-refractivity contribution in [2.75, 3.05) is 20.8 Å². The number of esters is 2. The van der Waals surface area contributed by atoms with Gasteiger partial charge in [-0.25, -0.2) is 14.5 Å². The maximum atomic E-state index is 14.4. The van der Waals surface area contributed by atoms with E-state index in [1.807, 2.05) is 60.8 Å². The molecule has 0 bridgehead atoms. The number of aromatic nitrogens is 3. The number of ether oxygens (including phenoxy) is 4. The van der Waals surface area contributed by atoms with Crippen LogP contribution in [-0.2, 0) is 14.3 Å². The van der Waals surface area contributed by atoms with E-state index in [1.165, 1.54) is 29.9 Å². The summed E-state index contributed by atoms with van der Waals surface area (Å²) >= 11 is 1.21. The Morgan fingerprint density at radius 2 is 1.73 bits per heavy atom. The average molecular weight is 665 g/mol. The first kappa shape index (κ1) is 32.2. The lowest BCUT2D eigenvalue weighted by Gasteiger charge is -2.25. The summed E-state index contributed by atoms with van der Waals surface area (Å²) in [5, 5.41) is 4.89. The molecule has 0 saturated carbocycles. The fourth-order valence-corrected chi connectivity index (χ4v) is 6.56. The maximum absolute atomic E-state index is 14.4. The molecule has 3 aromatic carbocycles. The number of rotatable bonds is 9. The number of carbonyl (C=O) groups is 2. The number of fused-ring (bicyclic) bond motifs is 1. The average Bonchev–Trinajstić information content (AvgIpc) is 3.65. The highest BCUT2D eigenvalue weighted by Gasteiger charge is 2.34. The summed E-state index contributed by atoms with van der Waals surface area (Å²) in [4.78, 5) is 44.5. The minimum atomic E-state index is -0.893. The van der Waals surface area contributed by atoms with Crippen molar-refractivity contribution in [3.63, 3.8) is 0 Å². The third kappa shape index (κ3) is 6.17. The van der Waals surface area contributed by atoms with Gasteiger partial charge in [0.25, 0.3) is 5.56 Å². The number of allylic oxidation sites excluding steroid dienone is 1. The molecule has 244 valence electrons. The quantitative estimate of drug-likeness (QED) is 0.166. The predicted octanol–water partition coefficient (Wildman–Crippen LogP) is 4.59. The van der Waals surface area contributed by atoms with Crippen LogP contribution in [0.4, 0.5) is 0 Å². The Hall–Kier alpha value is -5.75. The molecular formula is C36H32N4O7S. The molecule has 2 aromatic heterocycles. The van der Waals surface area contributed by atoms with Gasteiger partial charge in [-0.05, 0) is 74.0 Å². The van der Waals surface area contributed by atoms with Gasteiger partial charge in [-0.1, -0.05) is 35.6 Å². The molecule has 0 aliphatic carbocycles. The molecule has 0 N–H and O–H groups in total. The van der Waals surface area contributed by atoms with Gasteiger partial charge in [0.1, 0.15) is 11.4 Å². The molecule has 1 atom stereocenters. The zero-order valence-electron chi connectivity index (χ0n) is 26.9. The highest BCUT2D eigenvalue weighted by Crippen LogP contribution is 2.36. The van der Waals surface area contributed by atoms with Crippen LogP contribution in [0.1, 0.15) is 37.9 Å². The second-order valence-electron chi connectivity index (χ2n) is 10.7. The molecule has 11 nitrogen and oxygen atoms in total. The number of benzene rings is 3. The predicted molar refractivity (Wildman–Crippen MR) is 180 cm³/mol. The van der Waals surface area contributed by atoms with Gasteiger partial charge in [-0.2, -0.15) is 5.10 Å². The molecular weight excluding hydrogens is 632 g/mol. The molecule has 1 aliphatic rings. The molecule has 1 unspecified atom stereocenters. The number of carbonyl (C=O) groups excluding carboxylic acids is 2. The van der Waals surface area contributed by atoms with Crippen LogP contribution in [-0.4, -0.2) is 47.1 Å². The summed E-state index contributed by atoms with van der Waals surface area (Å²) in [6.45, 7) is 4.86. The van der Waals surface area contributed by atoms with E-state index in [0.29, 0.717) is 37.6 Å². The van der Waals surface area contributed by atoms with Crippen molar-refractivity contribution in [3.05, 3.63) is 121 Å². The molecule has 0 saturated heterocycles. The number of methoxy groups -OCH3 is 2. The Balaban J connectivity index is 1.55. The molecule has 12 heteroatoms. The Morgan fingerprint density at radius 3 is 2.40 bits per heavy atom. The minimum absolute atomic E-state index is 0.140. The van der Waals surface area contributed by atoms with Crippen LogP contribution >= 0.6 is 11.3 Å². The van der Waals surface area contributed by atoms with E-state index in [2.05, 4.69) is 4.99 Å². The van der Waals surface area contributed by atoms with Crippen molar-refractivity contribution in [2.24, 2.45) is 4.99 Å². The summed E-state index contributed by atoms with van der Waals surface area (Å²) in [6.07, 6.45) is 3.67. The van der Waals surface area contributed by atoms with Crippen molar-refractivity contribution in [1.29, 1.82) is 0 Å². The van der Waals surface area contributed by atoms with Gasteiger partial charge >= 0.3 is 11.9 Å². The summed E-state index contributed by atoms with van der Waals surface area (Å²) in [6, 6.07) is 21.2. The molecule has 0 amide bonds. The molecule has 0 spiro atoms. The molecule has 1 aliphatic heterocycles. The highest BCUT2D eigenvalue weighted by atomic mass is 32.1. The van der Waals surface area contributed by atoms with E-state index in [1.54, 1.807) is 49.9 Å². The third-order valence-electron chi connectivity index (χ3n) is 7.69. The smallest absolute Gasteiger partial charge is 0.338 e. The minimum Gasteiger partial charge on any atom is -0.497 e. The highest BCUT2D eigenvalue weighted by molar-refractivity contribution is 7.07. The molecule has 0 radical (unpaired) electrons. The van der Waals surface area contributed by atoms with E-state index >= 15 is 0 Å². The summed E-state index contributed by atoms with van der Waals surface area (Å²) in [5.74, 6) is 0.0798. The standard InChI is InChI=1S/C36H32N4O7S/c1-6-46-35(43)31-21(2)37-36-40(33(31)24-14-17-28(47-22(3)41)29(18-24)45-5)34(42)30(48-36)19-25-20-39(26-10-8-7-9-11-26)38-32(25)23-12-15-27(44-4)16-13-23/h7-20,33H,6H2,1-5H3/b30-19-. The van der Waals surface area contributed by atoms with Crippen LogP contribution in [0.25, 0.3) is 23.0 Å². The molecule has 0 fully saturated rings. The largest absolute Gasteiger partial charge is 0.497 e. The van der Waals surface area contributed by atoms with Gasteiger partial charge in [-0.15, -0.1) is 0 Å². The normalized spacial score (nSPS) is 14.3. The van der Waals surface area contributed by atoms with Crippen LogP contribution < -0.4 is 29.1 Å². The lowest BCUT2D eigenvalue weighted by Crippen LogP contribution is -2.40. The van der Waals surface area contributed by atoms with Gasteiger partial charge < -0.3 is 18.9 Å². The van der Waals surface area contributed by atoms with Crippen molar-refractivity contribution in [2.45, 2.75) is 26.8 Å². The second kappa shape index (κ2) is 13.5. The topological polar surface area (TPSA) is 123 Å². The SMILES string of the molecule is CCOC(=O)C1=C(C)N=c2s/c(=C\c3cn(-c4ccccc4)nc3-c3ccc(OC)cc3)c(=O)n2C1c1ccc(OC(C)=O)c(OC)c1. The maximum Gasteiger partial charge on any atom is 0.338 e. The Kier molecular flexibility index (Phi) is 9.08. The van der Waals surface area contributed by atoms with Crippen LogP contribution in [0.15, 0.2) is 100 Å². The molecule has 48 heavy (non-hydrogen) atoms. The Labute approximate surface area is 279 Å². The van der Waals surface area contributed by atoms with Crippen molar-refractivity contribution in [1.82, 2.24) is 14.3 Å². The van der Waals surface area contributed by atoms with Crippen molar-refractivity contribution in [3.8, 4) is 34.2 Å². The summed E-state index contributed by atoms with van der Waals surface area (Å²) in [7, 11) is 3.05. The summed E-state index contributed by atoms with van der Waals surface area (Å²) in [5.41, 5.74) is 3.89. The first-order valence-electron chi connectivity index (χ1n) is 15.1. The van der Waals surface area contributed by atoms with Crippen LogP contribution in [0, 0.1) is 0 Å². The lowest BCUT2D eigenvalue weighted by atomic mass is 9.95. The zero-order valence-corrected chi connectivity index (χ0v) is 27.7. The number of hydrogen-bond acceptors (Lipinski definition) is 10. The van der Waals surface area contributed by atoms with Crippen molar-refractivity contribution < 1.29 is 28.5 Å². The van der Waals surface area contributed by atoms with Crippen LogP contribution in [0.5, 0.6) is 17.2 Å². The van der Waals surface area contributed by atoms with Crippen molar-refractivity contribution >= 4 is 29.4 Å². The van der Waals surface area contributed by atoms with Crippen LogP contribution in [0.3, 0.4) is 0 Å². The van der Waals surface area contributed by atoms with Gasteiger partial charge in [0.15, 0.2) is 16.3 Å².